The van der Waals surface area contributed by atoms with Crippen molar-refractivity contribution in [3.05, 3.63) is 64.7 Å². The largest absolute Gasteiger partial charge is 0.423 e. The van der Waals surface area contributed by atoms with Gasteiger partial charge in [0.1, 0.15) is 5.75 Å². The second-order valence-corrected chi connectivity index (χ2v) is 4.55. The molecular weight excluding hydrogens is 278 g/mol. The molecule has 1 N–H and O–H groups in total. The molecular formula is C15H12ClNO3. The van der Waals surface area contributed by atoms with Crippen LogP contribution in [-0.4, -0.2) is 16.9 Å². The molecule has 0 unspecified atom stereocenters. The van der Waals surface area contributed by atoms with E-state index in [9.17, 15) is 4.79 Å². The number of nitrogens with zero attached hydrogens (tertiary/aromatic N) is 1. The van der Waals surface area contributed by atoms with Crippen molar-refractivity contribution >= 4 is 23.3 Å². The van der Waals surface area contributed by atoms with Crippen molar-refractivity contribution in [1.82, 2.24) is 0 Å². The number of oxime groups is 1. The SMILES string of the molecule is C/C(=N\O)c1cccc(OC(=O)c2cccc(Cl)c2)c1. The van der Waals surface area contributed by atoms with Crippen LogP contribution in [0.25, 0.3) is 0 Å². The third-order valence-electron chi connectivity index (χ3n) is 2.67. The summed E-state index contributed by atoms with van der Waals surface area (Å²) in [6, 6.07) is 13.3. The van der Waals surface area contributed by atoms with Gasteiger partial charge in [-0.1, -0.05) is 35.0 Å². The maximum Gasteiger partial charge on any atom is 0.343 e. The molecule has 0 bridgehead atoms. The maximum atomic E-state index is 12.0. The Bertz CT molecular complexity index is 668. The monoisotopic (exact) mass is 289 g/mol. The Balaban J connectivity index is 2.20. The number of hydrogen-bond donors (Lipinski definition) is 1. The lowest BCUT2D eigenvalue weighted by Crippen LogP contribution is -2.08. The number of benzene rings is 2. The summed E-state index contributed by atoms with van der Waals surface area (Å²) in [4.78, 5) is 12.0. The molecule has 0 atom stereocenters. The van der Waals surface area contributed by atoms with Gasteiger partial charge in [0.2, 0.25) is 0 Å². The van der Waals surface area contributed by atoms with E-state index in [-0.39, 0.29) is 0 Å². The molecule has 2 aromatic carbocycles. The molecule has 0 amide bonds. The zero-order chi connectivity index (χ0) is 14.5. The van der Waals surface area contributed by atoms with Crippen LogP contribution in [0.1, 0.15) is 22.8 Å². The summed E-state index contributed by atoms with van der Waals surface area (Å²) in [6.07, 6.45) is 0. The topological polar surface area (TPSA) is 58.9 Å². The molecule has 0 saturated carbocycles. The first-order valence-electron chi connectivity index (χ1n) is 5.87. The molecule has 0 fully saturated rings. The highest BCUT2D eigenvalue weighted by molar-refractivity contribution is 6.30. The Morgan fingerprint density at radius 3 is 2.55 bits per heavy atom. The van der Waals surface area contributed by atoms with Crippen LogP contribution in [0.5, 0.6) is 5.75 Å². The summed E-state index contributed by atoms with van der Waals surface area (Å²) in [5.74, 6) is -0.126. The van der Waals surface area contributed by atoms with Crippen LogP contribution in [0.2, 0.25) is 5.02 Å². The van der Waals surface area contributed by atoms with E-state index in [1.165, 1.54) is 6.07 Å². The van der Waals surface area contributed by atoms with Gasteiger partial charge in [0.15, 0.2) is 0 Å². The summed E-state index contributed by atoms with van der Waals surface area (Å²) >= 11 is 5.83. The highest BCUT2D eigenvalue weighted by atomic mass is 35.5. The van der Waals surface area contributed by atoms with E-state index in [4.69, 9.17) is 21.5 Å². The van der Waals surface area contributed by atoms with Crippen LogP contribution in [0.4, 0.5) is 0 Å². The Hall–Kier alpha value is -2.33. The molecule has 20 heavy (non-hydrogen) atoms. The van der Waals surface area contributed by atoms with Crippen molar-refractivity contribution in [1.29, 1.82) is 0 Å². The highest BCUT2D eigenvalue weighted by Gasteiger charge is 2.09. The molecule has 0 aliphatic carbocycles. The fraction of sp³-hybridized carbons (Fsp3) is 0.0667. The van der Waals surface area contributed by atoms with Gasteiger partial charge in [-0.25, -0.2) is 4.79 Å². The first-order chi connectivity index (χ1) is 9.60. The molecule has 0 aliphatic rings. The maximum absolute atomic E-state index is 12.0. The van der Waals surface area contributed by atoms with Crippen LogP contribution in [0, 0.1) is 0 Å². The third kappa shape index (κ3) is 3.36. The second-order valence-electron chi connectivity index (χ2n) is 4.11. The number of carbonyl (C=O) groups is 1. The summed E-state index contributed by atoms with van der Waals surface area (Å²) in [7, 11) is 0. The van der Waals surface area contributed by atoms with Gasteiger partial charge in [-0.3, -0.25) is 0 Å². The lowest BCUT2D eigenvalue weighted by Gasteiger charge is -2.06. The van der Waals surface area contributed by atoms with E-state index in [1.54, 1.807) is 49.4 Å². The average Bonchev–Trinajstić information content (AvgIpc) is 2.46. The zero-order valence-electron chi connectivity index (χ0n) is 10.7. The van der Waals surface area contributed by atoms with E-state index in [0.29, 0.717) is 27.6 Å². The Kier molecular flexibility index (Phi) is 4.38. The van der Waals surface area contributed by atoms with Crippen LogP contribution >= 0.6 is 11.6 Å². The number of carbonyl (C=O) groups excluding carboxylic acids is 1. The van der Waals surface area contributed by atoms with E-state index in [0.717, 1.165) is 0 Å². The number of hydrogen-bond acceptors (Lipinski definition) is 4. The summed E-state index contributed by atoms with van der Waals surface area (Å²) < 4.78 is 5.26. The number of ether oxygens (including phenoxy) is 1. The van der Waals surface area contributed by atoms with Gasteiger partial charge in [0.05, 0.1) is 11.3 Å². The minimum absolute atomic E-state index is 0.371. The van der Waals surface area contributed by atoms with Gasteiger partial charge in [-0.05, 0) is 37.3 Å². The summed E-state index contributed by atoms with van der Waals surface area (Å²) in [5, 5.41) is 12.3. The predicted molar refractivity (Wildman–Crippen MR) is 76.9 cm³/mol. The number of esters is 1. The van der Waals surface area contributed by atoms with Crippen LogP contribution in [-0.2, 0) is 0 Å². The van der Waals surface area contributed by atoms with Crippen molar-refractivity contribution in [2.24, 2.45) is 5.16 Å². The summed E-state index contributed by atoms with van der Waals surface area (Å²) in [5.41, 5.74) is 1.48. The van der Waals surface area contributed by atoms with E-state index < -0.39 is 5.97 Å². The average molecular weight is 290 g/mol. The van der Waals surface area contributed by atoms with Crippen LogP contribution in [0.3, 0.4) is 0 Å². The molecule has 0 spiro atoms. The second kappa shape index (κ2) is 6.21. The Morgan fingerprint density at radius 1 is 1.15 bits per heavy atom. The van der Waals surface area contributed by atoms with Gasteiger partial charge in [0, 0.05) is 10.6 Å². The minimum atomic E-state index is -0.497. The molecule has 0 saturated heterocycles. The first kappa shape index (κ1) is 14.1. The van der Waals surface area contributed by atoms with Gasteiger partial charge < -0.3 is 9.94 Å². The molecule has 2 rings (SSSR count). The molecule has 4 nitrogen and oxygen atoms in total. The van der Waals surface area contributed by atoms with E-state index >= 15 is 0 Å². The zero-order valence-corrected chi connectivity index (χ0v) is 11.5. The fourth-order valence-electron chi connectivity index (χ4n) is 1.62. The fourth-order valence-corrected chi connectivity index (χ4v) is 1.81. The van der Waals surface area contributed by atoms with Crippen molar-refractivity contribution < 1.29 is 14.7 Å². The molecule has 102 valence electrons. The summed E-state index contributed by atoms with van der Waals surface area (Å²) in [6.45, 7) is 1.65. The minimum Gasteiger partial charge on any atom is -0.423 e. The van der Waals surface area contributed by atoms with E-state index in [2.05, 4.69) is 5.16 Å². The quantitative estimate of drug-likeness (QED) is 0.308. The third-order valence-corrected chi connectivity index (χ3v) is 2.91. The Morgan fingerprint density at radius 2 is 1.85 bits per heavy atom. The smallest absolute Gasteiger partial charge is 0.343 e. The highest BCUT2D eigenvalue weighted by Crippen LogP contribution is 2.17. The normalized spacial score (nSPS) is 11.2. The van der Waals surface area contributed by atoms with Crippen LogP contribution in [0.15, 0.2) is 53.7 Å². The molecule has 0 heterocycles. The van der Waals surface area contributed by atoms with Gasteiger partial charge in [0.25, 0.3) is 0 Å². The van der Waals surface area contributed by atoms with Crippen molar-refractivity contribution in [2.45, 2.75) is 6.92 Å². The lowest BCUT2D eigenvalue weighted by atomic mass is 10.1. The first-order valence-corrected chi connectivity index (χ1v) is 6.25. The standard InChI is InChI=1S/C15H12ClNO3/c1-10(17-19)11-4-3-7-14(9-11)20-15(18)12-5-2-6-13(16)8-12/h2-9,19H,1H3/b17-10+. The molecule has 2 aromatic rings. The lowest BCUT2D eigenvalue weighted by molar-refractivity contribution is 0.0735. The number of rotatable bonds is 3. The van der Waals surface area contributed by atoms with Gasteiger partial charge in [-0.2, -0.15) is 0 Å². The molecule has 5 heteroatoms. The Labute approximate surface area is 121 Å². The van der Waals surface area contributed by atoms with Crippen molar-refractivity contribution in [3.8, 4) is 5.75 Å². The predicted octanol–water partition coefficient (Wildman–Crippen LogP) is 3.76. The van der Waals surface area contributed by atoms with Gasteiger partial charge in [-0.15, -0.1) is 0 Å². The number of halogens is 1. The van der Waals surface area contributed by atoms with Crippen LogP contribution < -0.4 is 4.74 Å². The van der Waals surface area contributed by atoms with Gasteiger partial charge >= 0.3 is 5.97 Å². The molecule has 0 aromatic heterocycles. The van der Waals surface area contributed by atoms with Crippen molar-refractivity contribution in [2.75, 3.05) is 0 Å². The van der Waals surface area contributed by atoms with E-state index in [1.807, 2.05) is 0 Å². The molecule has 0 aliphatic heterocycles. The molecule has 0 radical (unpaired) electrons. The van der Waals surface area contributed by atoms with Crippen molar-refractivity contribution in [3.63, 3.8) is 0 Å².